The lowest BCUT2D eigenvalue weighted by Crippen LogP contribution is -2.44. The summed E-state index contributed by atoms with van der Waals surface area (Å²) in [6.45, 7) is -1.25. The molecule has 1 aliphatic carbocycles. The van der Waals surface area contributed by atoms with Gasteiger partial charge in [-0.15, -0.1) is 0 Å². The second kappa shape index (κ2) is 10.1. The lowest BCUT2D eigenvalue weighted by Gasteiger charge is -2.29. The molecule has 1 saturated heterocycles. The maximum atomic E-state index is 12.5. The zero-order valence-electron chi connectivity index (χ0n) is 16.0. The minimum absolute atomic E-state index is 0.0594. The SMILES string of the molecule is O=C(COC(=O)CN1C(=O)[C@@H]2C[C@H](Br)[C@@H](Br)C[C@H]2C1=O)NNC(=O)c1ccc(Cl)cc1. The summed E-state index contributed by atoms with van der Waals surface area (Å²) in [5.74, 6) is -4.01. The van der Waals surface area contributed by atoms with Crippen LogP contribution in [0, 0.1) is 11.8 Å². The molecular formula is C19H18Br2ClN3O6. The Balaban J connectivity index is 1.44. The van der Waals surface area contributed by atoms with Crippen molar-refractivity contribution >= 4 is 73.1 Å². The first-order chi connectivity index (χ1) is 14.7. The quantitative estimate of drug-likeness (QED) is 0.237. The number of halogens is 3. The van der Waals surface area contributed by atoms with Gasteiger partial charge in [0.1, 0.15) is 6.54 Å². The van der Waals surface area contributed by atoms with Crippen LogP contribution in [0.25, 0.3) is 0 Å². The number of imide groups is 1. The van der Waals surface area contributed by atoms with E-state index in [2.05, 4.69) is 42.7 Å². The van der Waals surface area contributed by atoms with Crippen molar-refractivity contribution in [3.63, 3.8) is 0 Å². The van der Waals surface area contributed by atoms with Crippen LogP contribution in [-0.2, 0) is 23.9 Å². The molecule has 2 N–H and O–H groups in total. The molecule has 0 aromatic heterocycles. The van der Waals surface area contributed by atoms with Gasteiger partial charge in [-0.2, -0.15) is 0 Å². The molecule has 166 valence electrons. The fraction of sp³-hybridized carbons (Fsp3) is 0.421. The number of hydrazine groups is 1. The average Bonchev–Trinajstić information content (AvgIpc) is 2.95. The minimum atomic E-state index is -0.898. The molecule has 4 atom stereocenters. The minimum Gasteiger partial charge on any atom is -0.454 e. The van der Waals surface area contributed by atoms with E-state index in [1.165, 1.54) is 24.3 Å². The molecule has 2 aliphatic rings. The summed E-state index contributed by atoms with van der Waals surface area (Å²) in [6.07, 6.45) is 0.985. The fourth-order valence-corrected chi connectivity index (χ4v) is 4.84. The Hall–Kier alpha value is -1.98. The van der Waals surface area contributed by atoms with Gasteiger partial charge in [-0.25, -0.2) is 0 Å². The van der Waals surface area contributed by atoms with Gasteiger partial charge in [-0.3, -0.25) is 39.7 Å². The first kappa shape index (κ1) is 23.7. The summed E-state index contributed by atoms with van der Waals surface area (Å²) in [5, 5.41) is 0.459. The zero-order chi connectivity index (χ0) is 22.7. The molecule has 12 heteroatoms. The lowest BCUT2D eigenvalue weighted by atomic mass is 9.81. The molecule has 3 rings (SSSR count). The van der Waals surface area contributed by atoms with Gasteiger partial charge >= 0.3 is 5.97 Å². The Labute approximate surface area is 199 Å². The fourth-order valence-electron chi connectivity index (χ4n) is 3.48. The van der Waals surface area contributed by atoms with Crippen molar-refractivity contribution in [3.05, 3.63) is 34.9 Å². The third kappa shape index (κ3) is 5.64. The topological polar surface area (TPSA) is 122 Å². The average molecular weight is 580 g/mol. The summed E-state index contributed by atoms with van der Waals surface area (Å²) >= 11 is 12.7. The van der Waals surface area contributed by atoms with E-state index in [1.54, 1.807) is 0 Å². The summed E-state index contributed by atoms with van der Waals surface area (Å²) in [4.78, 5) is 61.8. The van der Waals surface area contributed by atoms with Crippen LogP contribution in [0.2, 0.25) is 5.02 Å². The molecule has 9 nitrogen and oxygen atoms in total. The van der Waals surface area contributed by atoms with Crippen LogP contribution < -0.4 is 10.9 Å². The van der Waals surface area contributed by atoms with E-state index in [0.717, 1.165) is 4.90 Å². The van der Waals surface area contributed by atoms with Crippen LogP contribution in [-0.4, -0.2) is 57.3 Å². The molecule has 1 aromatic rings. The van der Waals surface area contributed by atoms with Crippen LogP contribution in [0.1, 0.15) is 23.2 Å². The molecule has 1 aliphatic heterocycles. The number of carbonyl (C=O) groups excluding carboxylic acids is 5. The number of amides is 4. The second-order valence-corrected chi connectivity index (χ2v) is 9.94. The molecular weight excluding hydrogens is 561 g/mol. The van der Waals surface area contributed by atoms with Gasteiger partial charge < -0.3 is 4.74 Å². The normalized spacial score (nSPS) is 25.1. The monoisotopic (exact) mass is 577 g/mol. The van der Waals surface area contributed by atoms with E-state index in [0.29, 0.717) is 17.9 Å². The predicted octanol–water partition coefficient (Wildman–Crippen LogP) is 1.57. The van der Waals surface area contributed by atoms with Gasteiger partial charge in [0.25, 0.3) is 11.8 Å². The highest BCUT2D eigenvalue weighted by atomic mass is 79.9. The number of nitrogens with one attached hydrogen (secondary N) is 2. The number of ether oxygens (including phenoxy) is 1. The molecule has 2 fully saturated rings. The maximum Gasteiger partial charge on any atom is 0.326 e. The molecule has 1 heterocycles. The van der Waals surface area contributed by atoms with Crippen molar-refractivity contribution in [2.75, 3.05) is 13.2 Å². The highest BCUT2D eigenvalue weighted by Crippen LogP contribution is 2.43. The number of benzene rings is 1. The molecule has 31 heavy (non-hydrogen) atoms. The third-order valence-corrected chi connectivity index (χ3v) is 8.06. The second-order valence-electron chi connectivity index (χ2n) is 7.15. The molecule has 0 spiro atoms. The predicted molar refractivity (Wildman–Crippen MR) is 116 cm³/mol. The van der Waals surface area contributed by atoms with Crippen molar-refractivity contribution in [3.8, 4) is 0 Å². The number of esters is 1. The number of likely N-dealkylation sites (tertiary alicyclic amines) is 1. The highest BCUT2D eigenvalue weighted by Gasteiger charge is 2.52. The van der Waals surface area contributed by atoms with Crippen LogP contribution in [0.15, 0.2) is 24.3 Å². The third-order valence-electron chi connectivity index (χ3n) is 5.08. The summed E-state index contributed by atoms with van der Waals surface area (Å²) in [7, 11) is 0. The number of fused-ring (bicyclic) bond motifs is 1. The van der Waals surface area contributed by atoms with E-state index >= 15 is 0 Å². The standard InChI is InChI=1S/C19H18Br2ClN3O6/c20-13-5-11-12(6-14(13)21)19(30)25(18(11)29)7-16(27)31-8-15(26)23-24-17(28)9-1-3-10(22)4-2-9/h1-4,11-14H,5-8H2,(H,23,26)(H,24,28)/t11-,12-,13+,14+/m1/s1. The Morgan fingerprint density at radius 1 is 1.00 bits per heavy atom. The molecule has 4 amide bonds. The van der Waals surface area contributed by atoms with Gasteiger partial charge in [0.15, 0.2) is 6.61 Å². The number of alkyl halides is 2. The Kier molecular flexibility index (Phi) is 7.71. The number of hydrogen-bond donors (Lipinski definition) is 2. The van der Waals surface area contributed by atoms with Crippen molar-refractivity contribution in [1.82, 2.24) is 15.8 Å². The first-order valence-corrected chi connectivity index (χ1v) is 11.5. The first-order valence-electron chi connectivity index (χ1n) is 9.31. The summed E-state index contributed by atoms with van der Waals surface area (Å²) < 4.78 is 4.83. The van der Waals surface area contributed by atoms with E-state index in [-0.39, 0.29) is 15.2 Å². The number of rotatable bonds is 5. The van der Waals surface area contributed by atoms with E-state index < -0.39 is 54.6 Å². The van der Waals surface area contributed by atoms with Crippen LogP contribution in [0.3, 0.4) is 0 Å². The molecule has 0 unspecified atom stereocenters. The van der Waals surface area contributed by atoms with E-state index in [4.69, 9.17) is 16.3 Å². The molecule has 1 aromatic carbocycles. The number of nitrogens with zero attached hydrogens (tertiary/aromatic N) is 1. The van der Waals surface area contributed by atoms with Crippen LogP contribution >= 0.6 is 43.5 Å². The maximum absolute atomic E-state index is 12.5. The van der Waals surface area contributed by atoms with E-state index in [1.807, 2.05) is 0 Å². The lowest BCUT2D eigenvalue weighted by molar-refractivity contribution is -0.155. The van der Waals surface area contributed by atoms with Gasteiger partial charge in [0, 0.05) is 20.2 Å². The van der Waals surface area contributed by atoms with E-state index in [9.17, 15) is 24.0 Å². The molecule has 0 radical (unpaired) electrons. The Bertz CT molecular complexity index is 884. The molecule has 0 bridgehead atoms. The van der Waals surface area contributed by atoms with Crippen molar-refractivity contribution in [1.29, 1.82) is 0 Å². The molecule has 1 saturated carbocycles. The van der Waals surface area contributed by atoms with Gasteiger partial charge in [0.05, 0.1) is 11.8 Å². The van der Waals surface area contributed by atoms with Gasteiger partial charge in [-0.05, 0) is 37.1 Å². The highest BCUT2D eigenvalue weighted by molar-refractivity contribution is 9.12. The summed E-state index contributed by atoms with van der Waals surface area (Å²) in [5.41, 5.74) is 4.55. The number of carbonyl (C=O) groups is 5. The van der Waals surface area contributed by atoms with Crippen molar-refractivity contribution < 1.29 is 28.7 Å². The van der Waals surface area contributed by atoms with Crippen molar-refractivity contribution in [2.45, 2.75) is 22.5 Å². The van der Waals surface area contributed by atoms with Gasteiger partial charge in [0.2, 0.25) is 11.8 Å². The van der Waals surface area contributed by atoms with Crippen molar-refractivity contribution in [2.24, 2.45) is 11.8 Å². The summed E-state index contributed by atoms with van der Waals surface area (Å²) in [6, 6.07) is 5.99. The Morgan fingerprint density at radius 3 is 2.10 bits per heavy atom. The van der Waals surface area contributed by atoms with Crippen LogP contribution in [0.5, 0.6) is 0 Å². The largest absolute Gasteiger partial charge is 0.454 e. The smallest absolute Gasteiger partial charge is 0.326 e. The number of hydrogen-bond acceptors (Lipinski definition) is 6. The van der Waals surface area contributed by atoms with Crippen LogP contribution in [0.4, 0.5) is 0 Å². The van der Waals surface area contributed by atoms with Gasteiger partial charge in [-0.1, -0.05) is 43.5 Å². The zero-order valence-corrected chi connectivity index (χ0v) is 19.9. The Morgan fingerprint density at radius 2 is 1.55 bits per heavy atom.